The Morgan fingerprint density at radius 3 is 2.23 bits per heavy atom. The van der Waals surface area contributed by atoms with E-state index in [2.05, 4.69) is 72.6 Å². The van der Waals surface area contributed by atoms with Crippen LogP contribution in [-0.4, -0.2) is 23.1 Å². The van der Waals surface area contributed by atoms with Crippen LogP contribution in [0.15, 0.2) is 48.5 Å². The van der Waals surface area contributed by atoms with Crippen molar-refractivity contribution in [3.63, 3.8) is 0 Å². The van der Waals surface area contributed by atoms with Crippen molar-refractivity contribution in [2.24, 2.45) is 0 Å². The number of nitrogens with zero attached hydrogens (tertiary/aromatic N) is 1. The van der Waals surface area contributed by atoms with Crippen LogP contribution >= 0.6 is 12.2 Å². The average molecular weight is 310 g/mol. The van der Waals surface area contributed by atoms with Crippen molar-refractivity contribution in [1.29, 1.82) is 0 Å². The van der Waals surface area contributed by atoms with Crippen LogP contribution in [0.5, 0.6) is 0 Å². The number of thiocarbonyl (C=S) groups is 1. The number of aryl methyl sites for hydroxylation is 2. The maximum atomic E-state index is 5.57. The predicted octanol–water partition coefficient (Wildman–Crippen LogP) is 4.49. The molecule has 2 aromatic carbocycles. The minimum absolute atomic E-state index is 0.582. The van der Waals surface area contributed by atoms with Gasteiger partial charge in [0, 0.05) is 24.7 Å². The third-order valence-electron chi connectivity index (χ3n) is 4.33. The van der Waals surface area contributed by atoms with Gasteiger partial charge >= 0.3 is 0 Å². The summed E-state index contributed by atoms with van der Waals surface area (Å²) in [6.07, 6.45) is 1.17. The quantitative estimate of drug-likeness (QED) is 0.823. The highest BCUT2D eigenvalue weighted by Crippen LogP contribution is 2.27. The highest BCUT2D eigenvalue weighted by molar-refractivity contribution is 7.80. The van der Waals surface area contributed by atoms with E-state index in [9.17, 15) is 0 Å². The zero-order valence-electron chi connectivity index (χ0n) is 13.2. The topological polar surface area (TPSA) is 15.3 Å². The summed E-state index contributed by atoms with van der Waals surface area (Å²) in [6.45, 7) is 6.25. The Balaban J connectivity index is 1.61. The van der Waals surface area contributed by atoms with Gasteiger partial charge in [-0.25, -0.2) is 0 Å². The fraction of sp³-hybridized carbons (Fsp3) is 0.316. The monoisotopic (exact) mass is 310 g/mol. The van der Waals surface area contributed by atoms with E-state index in [0.717, 1.165) is 23.9 Å². The Hall–Kier alpha value is -1.87. The molecule has 1 aliphatic heterocycles. The lowest BCUT2D eigenvalue weighted by atomic mass is 9.98. The number of hydrogen-bond donors (Lipinski definition) is 1. The molecule has 3 heteroatoms. The van der Waals surface area contributed by atoms with Gasteiger partial charge in [-0.1, -0.05) is 47.5 Å². The van der Waals surface area contributed by atoms with Crippen molar-refractivity contribution in [2.45, 2.75) is 26.2 Å². The lowest BCUT2D eigenvalue weighted by Crippen LogP contribution is -2.32. The maximum absolute atomic E-state index is 5.57. The molecule has 2 nitrogen and oxygen atoms in total. The van der Waals surface area contributed by atoms with Crippen LogP contribution in [0.25, 0.3) is 0 Å². The van der Waals surface area contributed by atoms with Gasteiger partial charge < -0.3 is 10.2 Å². The molecular formula is C19H22N2S. The molecule has 0 aliphatic carbocycles. The van der Waals surface area contributed by atoms with Gasteiger partial charge in [0.2, 0.25) is 0 Å². The Kier molecular flexibility index (Phi) is 4.44. The first-order valence-corrected chi connectivity index (χ1v) is 8.22. The average Bonchev–Trinajstić information content (AvgIpc) is 3.00. The van der Waals surface area contributed by atoms with Crippen molar-refractivity contribution in [1.82, 2.24) is 4.90 Å². The predicted molar refractivity (Wildman–Crippen MR) is 97.5 cm³/mol. The number of benzene rings is 2. The van der Waals surface area contributed by atoms with Crippen molar-refractivity contribution in [3.8, 4) is 0 Å². The molecule has 3 rings (SSSR count). The largest absolute Gasteiger partial charge is 0.348 e. The van der Waals surface area contributed by atoms with Crippen LogP contribution in [0.4, 0.5) is 5.69 Å². The molecular weight excluding hydrogens is 288 g/mol. The van der Waals surface area contributed by atoms with Crippen LogP contribution in [0.1, 0.15) is 29.0 Å². The second-order valence-corrected chi connectivity index (χ2v) is 6.53. The van der Waals surface area contributed by atoms with Crippen molar-refractivity contribution in [2.75, 3.05) is 18.4 Å². The normalized spacial score (nSPS) is 17.5. The molecule has 1 aliphatic rings. The van der Waals surface area contributed by atoms with Gasteiger partial charge in [0.15, 0.2) is 5.11 Å². The molecule has 114 valence electrons. The second-order valence-electron chi connectivity index (χ2n) is 6.14. The molecule has 0 unspecified atom stereocenters. The van der Waals surface area contributed by atoms with Gasteiger partial charge in [-0.2, -0.15) is 0 Å². The SMILES string of the molecule is Cc1ccc(NC(=S)N2CC[C@@H](c3ccc(C)cc3)C2)cc1. The highest BCUT2D eigenvalue weighted by Gasteiger charge is 2.25. The molecule has 1 fully saturated rings. The van der Waals surface area contributed by atoms with Crippen molar-refractivity contribution in [3.05, 3.63) is 65.2 Å². The molecule has 0 amide bonds. The Labute approximate surface area is 138 Å². The molecule has 1 atom stereocenters. The summed E-state index contributed by atoms with van der Waals surface area (Å²) in [5.74, 6) is 0.582. The van der Waals surface area contributed by atoms with E-state index >= 15 is 0 Å². The number of rotatable bonds is 2. The number of anilines is 1. The third kappa shape index (κ3) is 3.47. The van der Waals surface area contributed by atoms with Crippen LogP contribution in [0.2, 0.25) is 0 Å². The molecule has 1 saturated heterocycles. The van der Waals surface area contributed by atoms with Crippen LogP contribution < -0.4 is 5.32 Å². The summed E-state index contributed by atoms with van der Waals surface area (Å²) >= 11 is 5.57. The van der Waals surface area contributed by atoms with Gasteiger partial charge in [0.25, 0.3) is 0 Å². The number of nitrogens with one attached hydrogen (secondary N) is 1. The standard InChI is InChI=1S/C19H22N2S/c1-14-3-7-16(8-4-14)17-11-12-21(13-17)19(22)20-18-9-5-15(2)6-10-18/h3-10,17H,11-13H2,1-2H3,(H,20,22)/t17-/m1/s1. The maximum Gasteiger partial charge on any atom is 0.173 e. The zero-order chi connectivity index (χ0) is 15.5. The Morgan fingerprint density at radius 2 is 1.59 bits per heavy atom. The van der Waals surface area contributed by atoms with E-state index < -0.39 is 0 Å². The van der Waals surface area contributed by atoms with Crippen LogP contribution in [0, 0.1) is 13.8 Å². The molecule has 1 heterocycles. The summed E-state index contributed by atoms with van der Waals surface area (Å²) in [7, 11) is 0. The van der Waals surface area contributed by atoms with Gasteiger partial charge in [0.05, 0.1) is 0 Å². The smallest absolute Gasteiger partial charge is 0.173 e. The Bertz CT molecular complexity index is 646. The lowest BCUT2D eigenvalue weighted by Gasteiger charge is -2.21. The minimum atomic E-state index is 0.582. The Morgan fingerprint density at radius 1 is 1.00 bits per heavy atom. The fourth-order valence-corrected chi connectivity index (χ4v) is 3.18. The molecule has 0 aromatic heterocycles. The van der Waals surface area contributed by atoms with Crippen molar-refractivity contribution >= 4 is 23.0 Å². The fourth-order valence-electron chi connectivity index (χ4n) is 2.89. The second kappa shape index (κ2) is 6.49. The number of hydrogen-bond acceptors (Lipinski definition) is 1. The molecule has 22 heavy (non-hydrogen) atoms. The first kappa shape index (κ1) is 15.0. The summed E-state index contributed by atoms with van der Waals surface area (Å²) in [4.78, 5) is 2.28. The van der Waals surface area contributed by atoms with E-state index in [4.69, 9.17) is 12.2 Å². The molecule has 1 N–H and O–H groups in total. The van der Waals surface area contributed by atoms with Crippen LogP contribution in [0.3, 0.4) is 0 Å². The van der Waals surface area contributed by atoms with Gasteiger partial charge in [-0.15, -0.1) is 0 Å². The summed E-state index contributed by atoms with van der Waals surface area (Å²) in [6, 6.07) is 17.3. The molecule has 0 radical (unpaired) electrons. The molecule has 0 saturated carbocycles. The first-order valence-electron chi connectivity index (χ1n) is 7.81. The minimum Gasteiger partial charge on any atom is -0.348 e. The highest BCUT2D eigenvalue weighted by atomic mass is 32.1. The van der Waals surface area contributed by atoms with Crippen LogP contribution in [-0.2, 0) is 0 Å². The van der Waals surface area contributed by atoms with E-state index in [1.807, 2.05) is 0 Å². The summed E-state index contributed by atoms with van der Waals surface area (Å²) < 4.78 is 0. The number of likely N-dealkylation sites (tertiary alicyclic amines) is 1. The molecule has 2 aromatic rings. The van der Waals surface area contributed by atoms with Gasteiger partial charge in [0.1, 0.15) is 0 Å². The third-order valence-corrected chi connectivity index (χ3v) is 4.69. The van der Waals surface area contributed by atoms with E-state index in [1.54, 1.807) is 0 Å². The molecule has 0 bridgehead atoms. The summed E-state index contributed by atoms with van der Waals surface area (Å²) in [5, 5.41) is 4.18. The van der Waals surface area contributed by atoms with Crippen molar-refractivity contribution < 1.29 is 0 Å². The summed E-state index contributed by atoms with van der Waals surface area (Å²) in [5.41, 5.74) is 5.06. The first-order chi connectivity index (χ1) is 10.6. The van der Waals surface area contributed by atoms with Gasteiger partial charge in [-0.3, -0.25) is 0 Å². The lowest BCUT2D eigenvalue weighted by molar-refractivity contribution is 0.518. The van der Waals surface area contributed by atoms with E-state index in [1.165, 1.54) is 23.1 Å². The van der Waals surface area contributed by atoms with E-state index in [-0.39, 0.29) is 0 Å². The van der Waals surface area contributed by atoms with Gasteiger partial charge in [-0.05, 0) is 50.2 Å². The zero-order valence-corrected chi connectivity index (χ0v) is 14.0. The molecule has 0 spiro atoms. The van der Waals surface area contributed by atoms with E-state index in [0.29, 0.717) is 5.92 Å².